The summed E-state index contributed by atoms with van der Waals surface area (Å²) in [6.45, 7) is 2.13. The predicted octanol–water partition coefficient (Wildman–Crippen LogP) is 7.44. The topological polar surface area (TPSA) is 75.0 Å². The number of fused-ring (bicyclic) bond motifs is 1. The van der Waals surface area contributed by atoms with Crippen molar-refractivity contribution in [1.82, 2.24) is 0 Å². The van der Waals surface area contributed by atoms with E-state index in [2.05, 4.69) is 0 Å². The maximum absolute atomic E-state index is 13.1. The minimum Gasteiger partial charge on any atom is -0.497 e. The van der Waals surface area contributed by atoms with Crippen LogP contribution in [0.5, 0.6) is 17.2 Å². The van der Waals surface area contributed by atoms with Gasteiger partial charge in [-0.05, 0) is 78.7 Å². The van der Waals surface area contributed by atoms with Crippen LogP contribution < -0.4 is 14.2 Å². The van der Waals surface area contributed by atoms with Crippen molar-refractivity contribution in [3.05, 3.63) is 131 Å². The molecular weight excluding hydrogens is 492 g/mol. The number of esters is 1. The molecule has 0 spiro atoms. The van der Waals surface area contributed by atoms with Crippen LogP contribution in [0, 0.1) is 6.92 Å². The first-order chi connectivity index (χ1) is 19.0. The lowest BCUT2D eigenvalue weighted by molar-refractivity contribution is 0.0734. The van der Waals surface area contributed by atoms with Crippen LogP contribution in [0.1, 0.15) is 37.6 Å². The predicted molar refractivity (Wildman–Crippen MR) is 149 cm³/mol. The zero-order valence-electron chi connectivity index (χ0n) is 21.5. The van der Waals surface area contributed by atoms with E-state index < -0.39 is 5.97 Å². The van der Waals surface area contributed by atoms with E-state index in [-0.39, 0.29) is 5.78 Å². The van der Waals surface area contributed by atoms with Gasteiger partial charge >= 0.3 is 5.97 Å². The lowest BCUT2D eigenvalue weighted by Crippen LogP contribution is -2.09. The summed E-state index contributed by atoms with van der Waals surface area (Å²) in [6.07, 6.45) is 3.24. The summed E-state index contributed by atoms with van der Waals surface area (Å²) < 4.78 is 22.5. The van der Waals surface area contributed by atoms with Crippen LogP contribution in [0.15, 0.2) is 108 Å². The standard InChI is InChI=1S/C33H26O6/c1-22-32(29-20-28(17-19-31(29)38-22)37-21-24-6-4-3-5-7-24)33(35)39-27-15-11-25(12-16-27)30(34)18-10-23-8-13-26(36-2)14-9-23/h3-20H,21H2,1-2H3/b18-10+. The lowest BCUT2D eigenvalue weighted by Gasteiger charge is -2.07. The highest BCUT2D eigenvalue weighted by molar-refractivity contribution is 6.07. The van der Waals surface area contributed by atoms with Gasteiger partial charge in [0.1, 0.15) is 40.8 Å². The molecule has 1 heterocycles. The van der Waals surface area contributed by atoms with Crippen molar-refractivity contribution in [2.45, 2.75) is 13.5 Å². The molecule has 39 heavy (non-hydrogen) atoms. The minimum absolute atomic E-state index is 0.164. The van der Waals surface area contributed by atoms with Crippen LogP contribution >= 0.6 is 0 Å². The number of aryl methyl sites for hydroxylation is 1. The third-order valence-electron chi connectivity index (χ3n) is 6.18. The highest BCUT2D eigenvalue weighted by atomic mass is 16.5. The van der Waals surface area contributed by atoms with Gasteiger partial charge < -0.3 is 18.6 Å². The van der Waals surface area contributed by atoms with Crippen molar-refractivity contribution in [1.29, 1.82) is 0 Å². The average molecular weight is 519 g/mol. The van der Waals surface area contributed by atoms with E-state index in [0.717, 1.165) is 16.9 Å². The SMILES string of the molecule is COc1ccc(/C=C/C(=O)c2ccc(OC(=O)c3c(C)oc4ccc(OCc5ccccc5)cc34)cc2)cc1. The summed E-state index contributed by atoms with van der Waals surface area (Å²) in [4.78, 5) is 25.7. The van der Waals surface area contributed by atoms with E-state index in [0.29, 0.717) is 46.0 Å². The Hall–Kier alpha value is -5.10. The molecule has 0 radical (unpaired) electrons. The zero-order valence-corrected chi connectivity index (χ0v) is 21.5. The minimum atomic E-state index is -0.551. The first-order valence-electron chi connectivity index (χ1n) is 12.4. The molecule has 0 atom stereocenters. The Labute approximate surface area is 226 Å². The second-order valence-electron chi connectivity index (χ2n) is 8.85. The van der Waals surface area contributed by atoms with Crippen molar-refractivity contribution in [3.8, 4) is 17.2 Å². The Morgan fingerprint density at radius 2 is 1.51 bits per heavy atom. The number of rotatable bonds is 9. The van der Waals surface area contributed by atoms with Gasteiger partial charge in [-0.1, -0.05) is 48.5 Å². The number of ether oxygens (including phenoxy) is 3. The van der Waals surface area contributed by atoms with Gasteiger partial charge in [-0.25, -0.2) is 4.79 Å². The van der Waals surface area contributed by atoms with Crippen molar-refractivity contribution in [3.63, 3.8) is 0 Å². The molecule has 0 aliphatic heterocycles. The number of carbonyl (C=O) groups is 2. The van der Waals surface area contributed by atoms with E-state index in [1.54, 1.807) is 56.5 Å². The molecule has 0 fully saturated rings. The molecule has 0 bridgehead atoms. The van der Waals surface area contributed by atoms with E-state index >= 15 is 0 Å². The Kier molecular flexibility index (Phi) is 7.55. The maximum Gasteiger partial charge on any atom is 0.347 e. The quantitative estimate of drug-likeness (QED) is 0.0873. The summed E-state index contributed by atoms with van der Waals surface area (Å²) in [5.41, 5.74) is 3.29. The molecule has 0 N–H and O–H groups in total. The van der Waals surface area contributed by atoms with Crippen LogP contribution in [-0.4, -0.2) is 18.9 Å². The average Bonchev–Trinajstić information content (AvgIpc) is 3.31. The fraction of sp³-hybridized carbons (Fsp3) is 0.0909. The first kappa shape index (κ1) is 25.5. The summed E-state index contributed by atoms with van der Waals surface area (Å²) in [6, 6.07) is 29.0. The van der Waals surface area contributed by atoms with Gasteiger partial charge in [-0.2, -0.15) is 0 Å². The fourth-order valence-corrected chi connectivity index (χ4v) is 4.11. The maximum atomic E-state index is 13.1. The molecule has 5 aromatic rings. The Bertz CT molecular complexity index is 1630. The van der Waals surface area contributed by atoms with Crippen LogP contribution in [0.3, 0.4) is 0 Å². The van der Waals surface area contributed by atoms with E-state index in [9.17, 15) is 9.59 Å². The fourth-order valence-electron chi connectivity index (χ4n) is 4.11. The Morgan fingerprint density at radius 1 is 0.821 bits per heavy atom. The van der Waals surface area contributed by atoms with Crippen LogP contribution in [0.25, 0.3) is 17.0 Å². The molecule has 0 amide bonds. The number of allylic oxidation sites excluding steroid dienone is 1. The number of hydrogen-bond donors (Lipinski definition) is 0. The molecule has 0 aliphatic rings. The number of furan rings is 1. The van der Waals surface area contributed by atoms with Gasteiger partial charge in [0.25, 0.3) is 0 Å². The molecule has 1 aromatic heterocycles. The highest BCUT2D eigenvalue weighted by Gasteiger charge is 2.21. The van der Waals surface area contributed by atoms with Crippen molar-refractivity contribution >= 4 is 28.8 Å². The largest absolute Gasteiger partial charge is 0.497 e. The van der Waals surface area contributed by atoms with E-state index in [1.165, 1.54) is 6.08 Å². The summed E-state index contributed by atoms with van der Waals surface area (Å²) in [5.74, 6) is 1.42. The summed E-state index contributed by atoms with van der Waals surface area (Å²) >= 11 is 0. The third-order valence-corrected chi connectivity index (χ3v) is 6.18. The number of carbonyl (C=O) groups excluding carboxylic acids is 2. The smallest absolute Gasteiger partial charge is 0.347 e. The third kappa shape index (κ3) is 6.08. The first-order valence-corrected chi connectivity index (χ1v) is 12.4. The number of hydrogen-bond acceptors (Lipinski definition) is 6. The van der Waals surface area contributed by atoms with Gasteiger partial charge in [0.05, 0.1) is 7.11 Å². The molecule has 194 valence electrons. The van der Waals surface area contributed by atoms with Crippen LogP contribution in [0.2, 0.25) is 0 Å². The molecule has 0 saturated carbocycles. The monoisotopic (exact) mass is 518 g/mol. The van der Waals surface area contributed by atoms with Crippen molar-refractivity contribution < 1.29 is 28.2 Å². The molecule has 4 aromatic carbocycles. The van der Waals surface area contributed by atoms with Gasteiger partial charge in [0, 0.05) is 10.9 Å². The molecule has 0 saturated heterocycles. The Morgan fingerprint density at radius 3 is 2.23 bits per heavy atom. The molecule has 6 nitrogen and oxygen atoms in total. The molecule has 6 heteroatoms. The second kappa shape index (κ2) is 11.5. The van der Waals surface area contributed by atoms with Gasteiger partial charge in [0.15, 0.2) is 5.78 Å². The lowest BCUT2D eigenvalue weighted by atomic mass is 10.1. The normalized spacial score (nSPS) is 11.0. The molecular formula is C33H26O6. The van der Waals surface area contributed by atoms with Gasteiger partial charge in [0.2, 0.25) is 0 Å². The number of ketones is 1. The van der Waals surface area contributed by atoms with Gasteiger partial charge in [-0.15, -0.1) is 0 Å². The van der Waals surface area contributed by atoms with Crippen molar-refractivity contribution in [2.24, 2.45) is 0 Å². The summed E-state index contributed by atoms with van der Waals surface area (Å²) in [5, 5.41) is 0.610. The number of benzene rings is 4. The molecule has 0 aliphatic carbocycles. The van der Waals surface area contributed by atoms with Crippen LogP contribution in [-0.2, 0) is 6.61 Å². The summed E-state index contributed by atoms with van der Waals surface area (Å²) in [7, 11) is 1.60. The molecule has 0 unspecified atom stereocenters. The van der Waals surface area contributed by atoms with E-state index in [4.69, 9.17) is 18.6 Å². The number of methoxy groups -OCH3 is 1. The second-order valence-corrected chi connectivity index (χ2v) is 8.85. The Balaban J connectivity index is 1.26. The molecule has 5 rings (SSSR count). The van der Waals surface area contributed by atoms with Gasteiger partial charge in [-0.3, -0.25) is 4.79 Å². The van der Waals surface area contributed by atoms with E-state index in [1.807, 2.05) is 60.7 Å². The van der Waals surface area contributed by atoms with Crippen LogP contribution in [0.4, 0.5) is 0 Å². The zero-order chi connectivity index (χ0) is 27.2. The van der Waals surface area contributed by atoms with Crippen molar-refractivity contribution in [2.75, 3.05) is 7.11 Å². The highest BCUT2D eigenvalue weighted by Crippen LogP contribution is 2.30.